The van der Waals surface area contributed by atoms with Crippen LogP contribution in [0.1, 0.15) is 20.3 Å². The Labute approximate surface area is 83.5 Å². The van der Waals surface area contributed by atoms with Crippen LogP contribution in [0, 0.1) is 0 Å². The Hall–Kier alpha value is 1.67. The summed E-state index contributed by atoms with van der Waals surface area (Å²) in [5, 5.41) is 0. The van der Waals surface area contributed by atoms with E-state index < -0.39 is 0 Å². The molecule has 0 aliphatic rings. The van der Waals surface area contributed by atoms with Gasteiger partial charge in [-0.2, -0.15) is 0 Å². The van der Waals surface area contributed by atoms with Crippen LogP contribution in [0.25, 0.3) is 0 Å². The topological polar surface area (TPSA) is 0 Å². The van der Waals surface area contributed by atoms with E-state index in [2.05, 4.69) is 13.8 Å². The van der Waals surface area contributed by atoms with E-state index in [4.69, 9.17) is 0 Å². The molecule has 0 aliphatic heterocycles. The summed E-state index contributed by atoms with van der Waals surface area (Å²) in [6, 6.07) is 0. The van der Waals surface area contributed by atoms with Crippen molar-refractivity contribution >= 4 is 22.5 Å². The maximum atomic E-state index is 2.26. The Morgan fingerprint density at radius 3 is 1.38 bits per heavy atom. The maximum Gasteiger partial charge on any atom is -1.00 e. The number of hydrogen-bond acceptors (Lipinski definition) is 0. The number of halogens is 3. The van der Waals surface area contributed by atoms with Gasteiger partial charge in [-0.05, 0) is 0 Å². The van der Waals surface area contributed by atoms with Gasteiger partial charge in [0.1, 0.15) is 0 Å². The second kappa shape index (κ2) is 15.9. The molecule has 0 saturated carbocycles. The third-order valence-corrected chi connectivity index (χ3v) is 1.78. The molecule has 0 saturated heterocycles. The molecule has 8 heavy (non-hydrogen) atoms. The molecule has 50 valence electrons. The van der Waals surface area contributed by atoms with Crippen molar-refractivity contribution in [3.63, 3.8) is 0 Å². The Kier molecular flexibility index (Phi) is 44.8. The van der Waals surface area contributed by atoms with Crippen LogP contribution in [0.15, 0.2) is 0 Å². The molecule has 0 fully saturated rings. The molecule has 0 rings (SSSR count). The Balaban J connectivity index is -0.0000000267. The van der Waals surface area contributed by atoms with Crippen molar-refractivity contribution in [2.45, 2.75) is 24.2 Å². The SMILES string of the molecule is CC[CH](C)[Sn+3].[Cl-].[Cl-].[Cl-]. The molecule has 0 amide bonds. The van der Waals surface area contributed by atoms with E-state index >= 15 is 0 Å². The van der Waals surface area contributed by atoms with E-state index in [0.29, 0.717) is 0 Å². The third kappa shape index (κ3) is 25.3. The minimum atomic E-state index is 0. The van der Waals surface area contributed by atoms with Crippen molar-refractivity contribution in [1.82, 2.24) is 0 Å². The summed E-state index contributed by atoms with van der Waals surface area (Å²) in [6.45, 7) is 4.48. The van der Waals surface area contributed by atoms with E-state index in [1.165, 1.54) is 6.42 Å². The first-order chi connectivity index (χ1) is 2.27. The zero-order valence-corrected chi connectivity index (χ0v) is 10.0. The van der Waals surface area contributed by atoms with Gasteiger partial charge in [0.15, 0.2) is 0 Å². The number of hydrogen-bond donors (Lipinski definition) is 0. The predicted molar refractivity (Wildman–Crippen MR) is 25.5 cm³/mol. The standard InChI is InChI=1S/C4H9.3ClH.Sn/c1-3-4-2;;;;/h3H,4H2,1-2H3;3*1H;/q;;;;+3/p-3. The van der Waals surface area contributed by atoms with Gasteiger partial charge in [0.25, 0.3) is 0 Å². The van der Waals surface area contributed by atoms with E-state index in [1.54, 1.807) is 22.5 Å². The summed E-state index contributed by atoms with van der Waals surface area (Å²) in [5.41, 5.74) is 0. The molecule has 0 aromatic carbocycles. The second-order valence-electron chi connectivity index (χ2n) is 1.31. The summed E-state index contributed by atoms with van der Waals surface area (Å²) in [6.07, 6.45) is 1.35. The Morgan fingerprint density at radius 2 is 1.38 bits per heavy atom. The van der Waals surface area contributed by atoms with Gasteiger partial charge in [0, 0.05) is 0 Å². The van der Waals surface area contributed by atoms with Crippen LogP contribution in [0.3, 0.4) is 0 Å². The number of rotatable bonds is 1. The molecule has 0 bridgehead atoms. The van der Waals surface area contributed by atoms with Crippen molar-refractivity contribution in [1.29, 1.82) is 0 Å². The molecule has 1 atom stereocenters. The van der Waals surface area contributed by atoms with Gasteiger partial charge in [-0.1, -0.05) is 0 Å². The molecule has 0 N–H and O–H groups in total. The van der Waals surface area contributed by atoms with Crippen LogP contribution >= 0.6 is 0 Å². The molecular weight excluding hydrogens is 273 g/mol. The fraction of sp³-hybridized carbons (Fsp3) is 1.00. The fourth-order valence-corrected chi connectivity index (χ4v) is 0. The predicted octanol–water partition coefficient (Wildman–Crippen LogP) is -7.61. The molecule has 0 radical (unpaired) electrons. The zero-order chi connectivity index (χ0) is 4.28. The van der Waals surface area contributed by atoms with Gasteiger partial charge >= 0.3 is 46.7 Å². The average Bonchev–Trinajstić information content (AvgIpc) is 1.38. The molecule has 0 aromatic heterocycles. The van der Waals surface area contributed by atoms with Crippen LogP contribution in [0.5, 0.6) is 0 Å². The van der Waals surface area contributed by atoms with E-state index in [9.17, 15) is 0 Å². The molecule has 0 aliphatic carbocycles. The first-order valence-electron chi connectivity index (χ1n) is 1.98. The summed E-state index contributed by atoms with van der Waals surface area (Å²) in [5.74, 6) is 0. The van der Waals surface area contributed by atoms with Gasteiger partial charge in [-0.3, -0.25) is 0 Å². The maximum absolute atomic E-state index is 2.26. The molecule has 1 unspecified atom stereocenters. The van der Waals surface area contributed by atoms with Crippen molar-refractivity contribution in [3.05, 3.63) is 0 Å². The van der Waals surface area contributed by atoms with Gasteiger partial charge in [-0.15, -0.1) is 0 Å². The van der Waals surface area contributed by atoms with Gasteiger partial charge < -0.3 is 37.2 Å². The van der Waals surface area contributed by atoms with Gasteiger partial charge in [-0.25, -0.2) is 0 Å². The quantitative estimate of drug-likeness (QED) is 0.419. The largest absolute Gasteiger partial charge is 1.00 e. The molecule has 4 heteroatoms. The molecular formula is C4H9Cl3Sn. The minimum absolute atomic E-state index is 0. The monoisotopic (exact) mass is 282 g/mol. The summed E-state index contributed by atoms with van der Waals surface area (Å²) in [4.78, 5) is 0. The summed E-state index contributed by atoms with van der Waals surface area (Å²) < 4.78 is 0.974. The smallest absolute Gasteiger partial charge is 1.00 e. The first-order valence-corrected chi connectivity index (χ1v) is 3.63. The van der Waals surface area contributed by atoms with E-state index in [-0.39, 0.29) is 37.2 Å². The van der Waals surface area contributed by atoms with E-state index in [1.807, 2.05) is 0 Å². The second-order valence-corrected chi connectivity index (χ2v) is 4.12. The van der Waals surface area contributed by atoms with Crippen LogP contribution in [-0.4, -0.2) is 22.5 Å². The van der Waals surface area contributed by atoms with Crippen molar-refractivity contribution in [3.8, 4) is 0 Å². The zero-order valence-electron chi connectivity index (χ0n) is 4.92. The Bertz CT molecular complexity index is 25.2. The normalized spacial score (nSPS) is 9.50. The average molecular weight is 282 g/mol. The van der Waals surface area contributed by atoms with Crippen LogP contribution in [-0.2, 0) is 0 Å². The van der Waals surface area contributed by atoms with Gasteiger partial charge in [0.2, 0.25) is 0 Å². The van der Waals surface area contributed by atoms with Gasteiger partial charge in [0.05, 0.1) is 0 Å². The van der Waals surface area contributed by atoms with Crippen molar-refractivity contribution in [2.24, 2.45) is 0 Å². The molecule has 0 heterocycles. The molecule has 0 nitrogen and oxygen atoms in total. The summed E-state index contributed by atoms with van der Waals surface area (Å²) in [7, 11) is 0. The molecule has 0 spiro atoms. The van der Waals surface area contributed by atoms with E-state index in [0.717, 1.165) is 3.93 Å². The first kappa shape index (κ1) is 22.6. The van der Waals surface area contributed by atoms with Crippen molar-refractivity contribution < 1.29 is 37.2 Å². The molecule has 0 aromatic rings. The summed E-state index contributed by atoms with van der Waals surface area (Å²) >= 11 is 1.67. The van der Waals surface area contributed by atoms with Crippen LogP contribution < -0.4 is 37.2 Å². The minimum Gasteiger partial charge on any atom is -1.00 e. The van der Waals surface area contributed by atoms with Crippen LogP contribution in [0.2, 0.25) is 3.93 Å². The third-order valence-electron chi connectivity index (χ3n) is 0.612. The van der Waals surface area contributed by atoms with Crippen LogP contribution in [0.4, 0.5) is 0 Å². The fourth-order valence-electron chi connectivity index (χ4n) is 0. The Morgan fingerprint density at radius 1 is 1.25 bits per heavy atom. The van der Waals surface area contributed by atoms with Crippen molar-refractivity contribution in [2.75, 3.05) is 0 Å².